The van der Waals surface area contributed by atoms with Crippen LogP contribution in [0, 0.1) is 5.41 Å². The topological polar surface area (TPSA) is 169 Å². The van der Waals surface area contributed by atoms with E-state index in [0.717, 1.165) is 12.8 Å². The number of nitrogens with zero attached hydrogens (tertiary/aromatic N) is 5. The third-order valence-corrected chi connectivity index (χ3v) is 9.21. The second-order valence-electron chi connectivity index (χ2n) is 10.2. The predicted molar refractivity (Wildman–Crippen MR) is 155 cm³/mol. The molecule has 1 atom stereocenters. The van der Waals surface area contributed by atoms with Crippen molar-refractivity contribution in [1.29, 1.82) is 5.41 Å². The van der Waals surface area contributed by atoms with E-state index < -0.39 is 21.8 Å². The Morgan fingerprint density at radius 1 is 1.07 bits per heavy atom. The highest BCUT2D eigenvalue weighted by Crippen LogP contribution is 2.27. The Kier molecular flexibility index (Phi) is 10.6. The van der Waals surface area contributed by atoms with Crippen molar-refractivity contribution < 1.29 is 27.5 Å². The number of amides is 2. The lowest BCUT2D eigenvalue weighted by atomic mass is 10.2. The zero-order valence-corrected chi connectivity index (χ0v) is 25.2. The smallest absolute Gasteiger partial charge is 0.313 e. The molecule has 14 nitrogen and oxygen atoms in total. The molecule has 1 aromatic rings. The predicted octanol–water partition coefficient (Wildman–Crippen LogP) is 1.11. The van der Waals surface area contributed by atoms with Gasteiger partial charge in [-0.2, -0.15) is 4.31 Å². The summed E-state index contributed by atoms with van der Waals surface area (Å²) in [5, 5.41) is 22.3. The van der Waals surface area contributed by atoms with Gasteiger partial charge < -0.3 is 25.0 Å². The summed E-state index contributed by atoms with van der Waals surface area (Å²) in [6.07, 6.45) is 1.68. The van der Waals surface area contributed by atoms with Crippen LogP contribution in [0.15, 0.2) is 44.7 Å². The summed E-state index contributed by atoms with van der Waals surface area (Å²) >= 11 is 0. The third kappa shape index (κ3) is 7.51. The maximum atomic E-state index is 13.5. The molecule has 1 unspecified atom stereocenters. The molecule has 230 valence electrons. The first-order chi connectivity index (χ1) is 20.1. The van der Waals surface area contributed by atoms with E-state index in [9.17, 15) is 18.0 Å². The summed E-state index contributed by atoms with van der Waals surface area (Å²) in [5.41, 5.74) is 1.05. The van der Waals surface area contributed by atoms with Crippen molar-refractivity contribution in [3.63, 3.8) is 0 Å². The third-order valence-electron chi connectivity index (χ3n) is 7.31. The van der Waals surface area contributed by atoms with Crippen LogP contribution in [0.5, 0.6) is 5.75 Å². The van der Waals surface area contributed by atoms with Crippen molar-refractivity contribution in [2.24, 2.45) is 10.2 Å². The van der Waals surface area contributed by atoms with Gasteiger partial charge in [0, 0.05) is 45.0 Å². The number of hydrogen-bond donors (Lipinski definition) is 3. The first-order valence-electron chi connectivity index (χ1n) is 14.3. The molecule has 15 heteroatoms. The molecular formula is C27H40N8O6S. The van der Waals surface area contributed by atoms with Gasteiger partial charge in [-0.05, 0) is 38.5 Å². The minimum atomic E-state index is -3.91. The Hall–Kier alpha value is -3.40. The van der Waals surface area contributed by atoms with Crippen LogP contribution in [0.25, 0.3) is 0 Å². The number of hydrogen-bond acceptors (Lipinski definition) is 10. The largest absolute Gasteiger partial charge is 0.493 e. The lowest BCUT2D eigenvalue weighted by Gasteiger charge is -2.35. The van der Waals surface area contributed by atoms with Crippen molar-refractivity contribution in [2.45, 2.75) is 44.7 Å². The molecule has 0 aromatic heterocycles. The van der Waals surface area contributed by atoms with Crippen LogP contribution < -0.4 is 15.4 Å². The summed E-state index contributed by atoms with van der Waals surface area (Å²) in [6, 6.07) is 4.25. The van der Waals surface area contributed by atoms with E-state index >= 15 is 0 Å². The molecule has 2 fully saturated rings. The maximum Gasteiger partial charge on any atom is 0.313 e. The first-order valence-corrected chi connectivity index (χ1v) is 15.7. The van der Waals surface area contributed by atoms with Crippen LogP contribution >= 0.6 is 0 Å². The van der Waals surface area contributed by atoms with Gasteiger partial charge in [0.1, 0.15) is 11.4 Å². The Morgan fingerprint density at radius 3 is 2.45 bits per heavy atom. The van der Waals surface area contributed by atoms with E-state index in [-0.39, 0.29) is 60.2 Å². The molecule has 3 aliphatic heterocycles. The van der Waals surface area contributed by atoms with Crippen LogP contribution in [-0.2, 0) is 24.3 Å². The number of sulfonamides is 1. The van der Waals surface area contributed by atoms with Gasteiger partial charge in [-0.25, -0.2) is 8.42 Å². The van der Waals surface area contributed by atoms with E-state index in [1.165, 1.54) is 22.5 Å². The number of carbonyl (C=O) groups excluding carboxylic acids is 2. The van der Waals surface area contributed by atoms with Crippen LogP contribution in [0.3, 0.4) is 0 Å². The number of azo groups is 1. The highest BCUT2D eigenvalue weighted by Gasteiger charge is 2.31. The Labute approximate surface area is 246 Å². The van der Waals surface area contributed by atoms with Crippen molar-refractivity contribution in [1.82, 2.24) is 24.7 Å². The Balaban J connectivity index is 1.43. The lowest BCUT2D eigenvalue weighted by molar-refractivity contribution is -0.136. The van der Waals surface area contributed by atoms with Crippen LogP contribution in [-0.4, -0.2) is 112 Å². The quantitative estimate of drug-likeness (QED) is 0.201. The van der Waals surface area contributed by atoms with E-state index in [1.54, 1.807) is 18.7 Å². The number of morpholine rings is 1. The fourth-order valence-corrected chi connectivity index (χ4v) is 6.47. The van der Waals surface area contributed by atoms with Crippen LogP contribution in [0.4, 0.5) is 0 Å². The molecule has 2 amide bonds. The second-order valence-corrected chi connectivity index (χ2v) is 12.2. The van der Waals surface area contributed by atoms with Gasteiger partial charge in [0.05, 0.1) is 43.0 Å². The zero-order chi connectivity index (χ0) is 30.3. The molecule has 0 spiro atoms. The number of rotatable bonds is 10. The standard InChI is InChI=1S/C27H40N8O6S/c1-4-6-23-29-19(3)25(30-23)27(37)32-31-26(28)21-17-20(7-8-22(21)41-5-2)42(38,39)35-11-9-33(10-12-35)18-24(36)34-13-15-40-16-14-34/h7-8,17,23,28-30H,4-6,9-16,18H2,1-3H3. The first kappa shape index (κ1) is 31.5. The second kappa shape index (κ2) is 14.2. The van der Waals surface area contributed by atoms with E-state index in [4.69, 9.17) is 14.9 Å². The summed E-state index contributed by atoms with van der Waals surface area (Å²) in [7, 11) is -3.91. The molecule has 3 N–H and O–H groups in total. The SMILES string of the molecule is CCCC1NC(C)=C(C(=O)N=NC(=N)c2cc(S(=O)(=O)N3CCN(CC(=O)N4CCOCC4)CC3)ccc2OCC)N1. The molecule has 3 heterocycles. The molecule has 4 rings (SSSR count). The number of benzene rings is 1. The molecule has 42 heavy (non-hydrogen) atoms. The molecule has 0 aliphatic carbocycles. The zero-order valence-electron chi connectivity index (χ0n) is 24.4. The summed E-state index contributed by atoms with van der Waals surface area (Å²) < 4.78 is 39.4. The average molecular weight is 605 g/mol. The Morgan fingerprint density at radius 2 is 1.79 bits per heavy atom. The van der Waals surface area contributed by atoms with Gasteiger partial charge in [0.2, 0.25) is 15.9 Å². The van der Waals surface area contributed by atoms with Gasteiger partial charge >= 0.3 is 5.91 Å². The Bertz CT molecular complexity index is 1330. The maximum absolute atomic E-state index is 13.5. The number of nitrogens with one attached hydrogen (secondary N) is 3. The molecule has 0 bridgehead atoms. The lowest BCUT2D eigenvalue weighted by Crippen LogP contribution is -2.52. The van der Waals surface area contributed by atoms with E-state index in [2.05, 4.69) is 20.9 Å². The molecule has 2 saturated heterocycles. The average Bonchev–Trinajstić information content (AvgIpc) is 3.36. The summed E-state index contributed by atoms with van der Waals surface area (Å²) in [5.74, 6) is -0.748. The van der Waals surface area contributed by atoms with Crippen LogP contribution in [0.1, 0.15) is 39.2 Å². The van der Waals surface area contributed by atoms with Crippen molar-refractivity contribution in [3.8, 4) is 5.75 Å². The highest BCUT2D eigenvalue weighted by molar-refractivity contribution is 7.89. The molecule has 0 radical (unpaired) electrons. The molecular weight excluding hydrogens is 564 g/mol. The van der Waals surface area contributed by atoms with Crippen molar-refractivity contribution in [2.75, 3.05) is 65.6 Å². The van der Waals surface area contributed by atoms with Gasteiger partial charge in [0.15, 0.2) is 5.84 Å². The normalized spacial score (nSPS) is 20.5. The number of allylic oxidation sites excluding steroid dienone is 1. The number of ether oxygens (including phenoxy) is 2. The van der Waals surface area contributed by atoms with Gasteiger partial charge in [-0.3, -0.25) is 19.9 Å². The highest BCUT2D eigenvalue weighted by atomic mass is 32.2. The fourth-order valence-electron chi connectivity index (χ4n) is 5.02. The van der Waals surface area contributed by atoms with Gasteiger partial charge in [0.25, 0.3) is 0 Å². The van der Waals surface area contributed by atoms with Gasteiger partial charge in [-0.1, -0.05) is 13.3 Å². The fraction of sp³-hybridized carbons (Fsp3) is 0.593. The molecule has 0 saturated carbocycles. The summed E-state index contributed by atoms with van der Waals surface area (Å²) in [6.45, 7) is 9.59. The van der Waals surface area contributed by atoms with Crippen molar-refractivity contribution in [3.05, 3.63) is 35.2 Å². The summed E-state index contributed by atoms with van der Waals surface area (Å²) in [4.78, 5) is 29.0. The van der Waals surface area contributed by atoms with Gasteiger partial charge in [-0.15, -0.1) is 10.2 Å². The monoisotopic (exact) mass is 604 g/mol. The molecule has 3 aliphatic rings. The molecule has 1 aromatic carbocycles. The number of amidine groups is 1. The minimum absolute atomic E-state index is 0.0177. The van der Waals surface area contributed by atoms with E-state index in [1.807, 2.05) is 11.8 Å². The number of piperazine rings is 1. The van der Waals surface area contributed by atoms with Crippen LogP contribution in [0.2, 0.25) is 0 Å². The minimum Gasteiger partial charge on any atom is -0.493 e. The van der Waals surface area contributed by atoms with E-state index in [0.29, 0.717) is 45.1 Å². The number of carbonyl (C=O) groups is 2. The van der Waals surface area contributed by atoms with Crippen molar-refractivity contribution >= 4 is 27.7 Å².